The molecule has 2 N–H and O–H groups in total. The van der Waals surface area contributed by atoms with Crippen LogP contribution in [0.25, 0.3) is 0 Å². The van der Waals surface area contributed by atoms with Crippen LogP contribution in [-0.2, 0) is 19.0 Å². The van der Waals surface area contributed by atoms with E-state index in [9.17, 15) is 5.11 Å². The van der Waals surface area contributed by atoms with Crippen LogP contribution in [0, 0.1) is 11.2 Å². The maximum atomic E-state index is 10.1. The van der Waals surface area contributed by atoms with Gasteiger partial charge in [0.1, 0.15) is 18.3 Å². The van der Waals surface area contributed by atoms with Crippen molar-refractivity contribution in [1.82, 2.24) is 0 Å². The third-order valence-corrected chi connectivity index (χ3v) is 3.00. The van der Waals surface area contributed by atoms with Gasteiger partial charge in [-0.15, -0.1) is 5.97 Å². The Morgan fingerprint density at radius 1 is 1.50 bits per heavy atom. The van der Waals surface area contributed by atoms with E-state index in [0.29, 0.717) is 11.5 Å². The Morgan fingerprint density at radius 3 is 2.78 bits per heavy atom. The van der Waals surface area contributed by atoms with E-state index in [0.717, 1.165) is 0 Å². The van der Waals surface area contributed by atoms with E-state index in [-0.39, 0.29) is 0 Å². The normalized spacial score (nSPS) is 39.3. The number of nitriles is 1. The summed E-state index contributed by atoms with van der Waals surface area (Å²) in [4.78, 5) is 5.49. The lowest BCUT2D eigenvalue weighted by molar-refractivity contribution is -0.997. The molecule has 0 bridgehead atoms. The maximum Gasteiger partial charge on any atom is 0.190 e. The highest BCUT2D eigenvalue weighted by Gasteiger charge is 2.54. The number of ether oxygens (including phenoxy) is 3. The molecule has 2 fully saturated rings. The number of aliphatic hydroxyl groups excluding tert-OH is 1. The molecule has 2 aliphatic heterocycles. The molecule has 8 heteroatoms. The summed E-state index contributed by atoms with van der Waals surface area (Å²) in [5.41, 5.74) is 0. The Bertz CT molecular complexity index is 348. The molecule has 7 nitrogen and oxygen atoms in total. The van der Waals surface area contributed by atoms with Crippen molar-refractivity contribution in [3.63, 3.8) is 0 Å². The van der Waals surface area contributed by atoms with Crippen LogP contribution in [0.1, 0.15) is 13.8 Å². The summed E-state index contributed by atoms with van der Waals surface area (Å²) in [6.07, 6.45) is -2.35. The first-order valence-corrected chi connectivity index (χ1v) is 5.78. The second-order valence-electron chi connectivity index (χ2n) is 4.78. The van der Waals surface area contributed by atoms with E-state index in [4.69, 9.17) is 24.3 Å². The molecule has 1 unspecified atom stereocenters. The highest BCUT2D eigenvalue weighted by atomic mass is 16.8. The Morgan fingerprint density at radius 2 is 2.22 bits per heavy atom. The Kier molecular flexibility index (Phi) is 3.91. The third kappa shape index (κ3) is 2.67. The predicted molar refractivity (Wildman–Crippen MR) is 58.9 cm³/mol. The summed E-state index contributed by atoms with van der Waals surface area (Å²) in [5.74, 6) is 1.14. The van der Waals surface area contributed by atoms with Crippen molar-refractivity contribution in [3.05, 3.63) is 0 Å². The summed E-state index contributed by atoms with van der Waals surface area (Å²) < 4.78 is 16.7. The van der Waals surface area contributed by atoms with Crippen molar-refractivity contribution in [3.8, 4) is 5.97 Å². The Labute approximate surface area is 106 Å². The summed E-state index contributed by atoms with van der Waals surface area (Å²) in [7, 11) is 2.76. The van der Waals surface area contributed by atoms with E-state index in [1.807, 2.05) is 5.97 Å². The van der Waals surface area contributed by atoms with Crippen LogP contribution >= 0.6 is 0 Å². The molecule has 2 saturated heterocycles. The molecule has 0 aromatic carbocycles. The minimum Gasteiger partial charge on any atom is -0.402 e. The molecule has 0 aromatic rings. The summed E-state index contributed by atoms with van der Waals surface area (Å²) >= 11 is 0. The van der Waals surface area contributed by atoms with Gasteiger partial charge in [0.05, 0.1) is 13.7 Å². The predicted octanol–water partition coefficient (Wildman–Crippen LogP) is -2.23. The molecule has 0 spiro atoms. The number of hydroxylamine groups is 1. The standard InChI is InChI=1S/C10H17BN2O5/c1-10(2)17-8-7(14)6(16-9(8)18-10)4-13(15-3)11-5-12/h6-9,13-14H,4H2,1-3H3/t6-,7+,8-,9-/m1/s1. The average molecular weight is 256 g/mol. The van der Waals surface area contributed by atoms with Crippen LogP contribution in [0.15, 0.2) is 0 Å². The fourth-order valence-electron chi connectivity index (χ4n) is 2.20. The third-order valence-electron chi connectivity index (χ3n) is 3.00. The van der Waals surface area contributed by atoms with Gasteiger partial charge < -0.3 is 24.3 Å². The molecule has 5 atom stereocenters. The number of aliphatic hydroxyl groups is 1. The summed E-state index contributed by atoms with van der Waals surface area (Å²) in [6.45, 7) is 3.85. The zero-order valence-corrected chi connectivity index (χ0v) is 10.6. The number of nitrogens with one attached hydrogen (secondary N) is 1. The molecule has 18 heavy (non-hydrogen) atoms. The van der Waals surface area contributed by atoms with Gasteiger partial charge in [-0.1, -0.05) is 0 Å². The van der Waals surface area contributed by atoms with Crippen molar-refractivity contribution in [1.29, 1.82) is 5.26 Å². The topological polar surface area (TPSA) is 85.4 Å². The lowest BCUT2D eigenvalue weighted by Crippen LogP contribution is -3.13. The highest BCUT2D eigenvalue weighted by molar-refractivity contribution is 6.35. The van der Waals surface area contributed by atoms with E-state index in [2.05, 4.69) is 0 Å². The second kappa shape index (κ2) is 5.13. The van der Waals surface area contributed by atoms with Crippen molar-refractivity contribution < 1.29 is 29.1 Å². The smallest absolute Gasteiger partial charge is 0.190 e. The van der Waals surface area contributed by atoms with Crippen molar-refractivity contribution in [2.45, 2.75) is 44.2 Å². The van der Waals surface area contributed by atoms with Crippen LogP contribution in [0.3, 0.4) is 0 Å². The fourth-order valence-corrected chi connectivity index (χ4v) is 2.20. The van der Waals surface area contributed by atoms with Crippen molar-refractivity contribution in [2.24, 2.45) is 0 Å². The van der Waals surface area contributed by atoms with Gasteiger partial charge in [-0.25, -0.2) is 5.26 Å². The molecule has 2 heterocycles. The van der Waals surface area contributed by atoms with E-state index < -0.39 is 30.4 Å². The highest BCUT2D eigenvalue weighted by Crippen LogP contribution is 2.36. The van der Waals surface area contributed by atoms with Gasteiger partial charge in [-0.05, 0) is 13.8 Å². The zero-order valence-electron chi connectivity index (χ0n) is 10.6. The molecular formula is C10H17BN2O5. The number of hydrogen-bond donors (Lipinski definition) is 2. The lowest BCUT2D eigenvalue weighted by atomic mass is 9.97. The van der Waals surface area contributed by atoms with Gasteiger partial charge in [0.25, 0.3) is 0 Å². The van der Waals surface area contributed by atoms with Crippen LogP contribution in [0.2, 0.25) is 0 Å². The number of fused-ring (bicyclic) bond motifs is 1. The molecule has 0 saturated carbocycles. The largest absolute Gasteiger partial charge is 0.402 e. The first kappa shape index (κ1) is 13.7. The van der Waals surface area contributed by atoms with Crippen LogP contribution in [0.5, 0.6) is 0 Å². The molecule has 2 radical (unpaired) electrons. The Hall–Kier alpha value is -0.685. The van der Waals surface area contributed by atoms with E-state index >= 15 is 0 Å². The lowest BCUT2D eigenvalue weighted by Gasteiger charge is -2.28. The maximum absolute atomic E-state index is 10.1. The minimum atomic E-state index is -0.797. The summed E-state index contributed by atoms with van der Waals surface area (Å²) in [5, 5.41) is 18.7. The number of hydrogen-bond acceptors (Lipinski definition) is 6. The first-order chi connectivity index (χ1) is 8.46. The van der Waals surface area contributed by atoms with Gasteiger partial charge in [-0.3, -0.25) is 4.84 Å². The molecular weight excluding hydrogens is 239 g/mol. The number of nitrogens with zero attached hydrogens (tertiary/aromatic N) is 1. The zero-order chi connectivity index (χ0) is 13.3. The first-order valence-electron chi connectivity index (χ1n) is 5.78. The van der Waals surface area contributed by atoms with Gasteiger partial charge in [0, 0.05) is 0 Å². The van der Waals surface area contributed by atoms with E-state index in [1.165, 1.54) is 14.5 Å². The second-order valence-corrected chi connectivity index (χ2v) is 4.78. The molecule has 0 aliphatic carbocycles. The van der Waals surface area contributed by atoms with Gasteiger partial charge in [-0.2, -0.15) is 0 Å². The monoisotopic (exact) mass is 256 g/mol. The van der Waals surface area contributed by atoms with E-state index in [1.54, 1.807) is 13.8 Å². The van der Waals surface area contributed by atoms with Crippen LogP contribution in [-0.4, -0.2) is 56.6 Å². The quantitative estimate of drug-likeness (QED) is 0.437. The summed E-state index contributed by atoms with van der Waals surface area (Å²) in [6, 6.07) is 0. The van der Waals surface area contributed by atoms with Crippen molar-refractivity contribution >= 4 is 7.41 Å². The van der Waals surface area contributed by atoms with Crippen molar-refractivity contribution in [2.75, 3.05) is 13.7 Å². The molecule has 100 valence electrons. The molecule has 0 aromatic heterocycles. The molecule has 2 rings (SSSR count). The minimum absolute atomic E-state index is 0.311. The van der Waals surface area contributed by atoms with Gasteiger partial charge >= 0.3 is 0 Å². The molecule has 0 amide bonds. The SMILES string of the molecule is CO[NH+]([B-]C#N)C[C@H]1O[C@@H]2OC(C)(C)O[C@@H]2[C@H]1O. The van der Waals surface area contributed by atoms with Crippen LogP contribution < -0.4 is 4.97 Å². The Balaban J connectivity index is 1.93. The number of quaternary nitrogens is 1. The number of rotatable bonds is 4. The molecule has 2 aliphatic rings. The van der Waals surface area contributed by atoms with Crippen LogP contribution in [0.4, 0.5) is 0 Å². The fraction of sp³-hybridized carbons (Fsp3) is 0.900. The average Bonchev–Trinajstić information content (AvgIpc) is 2.73. The van der Waals surface area contributed by atoms with Gasteiger partial charge in [0.15, 0.2) is 19.5 Å². The van der Waals surface area contributed by atoms with Gasteiger partial charge in [0.2, 0.25) is 0 Å².